The lowest BCUT2D eigenvalue weighted by atomic mass is 10.0. The van der Waals surface area contributed by atoms with Gasteiger partial charge in [-0.1, -0.05) is 54.1 Å². The second-order valence-corrected chi connectivity index (χ2v) is 12.2. The van der Waals surface area contributed by atoms with E-state index in [-0.39, 0.29) is 35.4 Å². The third kappa shape index (κ3) is 9.51. The number of aliphatic carboxylic acids is 1. The Morgan fingerprint density at radius 3 is 2.17 bits per heavy atom. The lowest BCUT2D eigenvalue weighted by molar-refractivity contribution is -0.138. The van der Waals surface area contributed by atoms with Crippen molar-refractivity contribution in [3.63, 3.8) is 0 Å². The Bertz CT molecular complexity index is 1490. The molecule has 4 N–H and O–H groups in total. The maximum Gasteiger partial charge on any atom is 0.441 e. The fourth-order valence-corrected chi connectivity index (χ4v) is 6.45. The highest BCUT2D eigenvalue weighted by molar-refractivity contribution is 8.00. The Morgan fingerprint density at radius 2 is 1.59 bits per heavy atom. The molecule has 0 fully saturated rings. The Hall–Kier alpha value is -3.55. The van der Waals surface area contributed by atoms with Crippen LogP contribution in [-0.2, 0) is 21.2 Å². The molecule has 3 rings (SSSR count). The van der Waals surface area contributed by atoms with Gasteiger partial charge in [0.2, 0.25) is 10.0 Å². The number of nitrogens with one attached hydrogen (secondary N) is 3. The molecular weight excluding hydrogens is 579 g/mol. The van der Waals surface area contributed by atoms with Crippen LogP contribution in [0.4, 0.5) is 23.7 Å². The number of carbonyl (C=O) groups is 2. The predicted molar refractivity (Wildman–Crippen MR) is 154 cm³/mol. The predicted octanol–water partition coefficient (Wildman–Crippen LogP) is 5.63. The number of anilines is 1. The van der Waals surface area contributed by atoms with E-state index in [4.69, 9.17) is 0 Å². The van der Waals surface area contributed by atoms with Gasteiger partial charge in [0.15, 0.2) is 0 Å². The van der Waals surface area contributed by atoms with Crippen molar-refractivity contribution in [2.24, 2.45) is 0 Å². The molecule has 0 heterocycles. The van der Waals surface area contributed by atoms with Crippen molar-refractivity contribution in [2.45, 2.75) is 43.6 Å². The molecule has 1 unspecified atom stereocenters. The van der Waals surface area contributed by atoms with Gasteiger partial charge in [0.05, 0.1) is 4.90 Å². The van der Waals surface area contributed by atoms with Crippen LogP contribution < -0.4 is 15.4 Å². The van der Waals surface area contributed by atoms with Gasteiger partial charge in [-0.25, -0.2) is 13.2 Å². The molecule has 0 aliphatic carbocycles. The van der Waals surface area contributed by atoms with Crippen molar-refractivity contribution in [2.75, 3.05) is 17.6 Å². The average Bonchev–Trinajstić information content (AvgIpc) is 2.85. The zero-order valence-electron chi connectivity index (χ0n) is 22.5. The summed E-state index contributed by atoms with van der Waals surface area (Å²) >= 11 is -0.218. The number of urea groups is 1. The summed E-state index contributed by atoms with van der Waals surface area (Å²) < 4.78 is 65.1. The summed E-state index contributed by atoms with van der Waals surface area (Å²) in [5.41, 5.74) is 0.0836. The number of carboxylic acids is 1. The number of halogens is 3. The van der Waals surface area contributed by atoms with Crippen LogP contribution in [0.2, 0.25) is 0 Å². The van der Waals surface area contributed by atoms with Crippen LogP contribution in [0, 0.1) is 20.8 Å². The minimum absolute atomic E-state index is 0.0621. The van der Waals surface area contributed by atoms with Crippen molar-refractivity contribution in [1.29, 1.82) is 0 Å². The first-order chi connectivity index (χ1) is 19.1. The van der Waals surface area contributed by atoms with E-state index in [0.29, 0.717) is 22.4 Å². The number of alkyl halides is 3. The van der Waals surface area contributed by atoms with Crippen LogP contribution in [0.3, 0.4) is 0 Å². The minimum Gasteiger partial charge on any atom is -0.480 e. The van der Waals surface area contributed by atoms with Gasteiger partial charge in [-0.15, -0.1) is 0 Å². The van der Waals surface area contributed by atoms with Gasteiger partial charge in [0.1, 0.15) is 6.04 Å². The van der Waals surface area contributed by atoms with Crippen LogP contribution in [0.1, 0.15) is 22.3 Å². The number of sulfonamides is 1. The van der Waals surface area contributed by atoms with Crippen LogP contribution in [0.25, 0.3) is 11.1 Å². The maximum absolute atomic E-state index is 13.1. The van der Waals surface area contributed by atoms with E-state index in [2.05, 4.69) is 15.4 Å². The third-order valence-electron chi connectivity index (χ3n) is 5.97. The van der Waals surface area contributed by atoms with Crippen LogP contribution in [0.5, 0.6) is 0 Å². The monoisotopic (exact) mass is 609 g/mol. The van der Waals surface area contributed by atoms with Crippen LogP contribution in [-0.4, -0.2) is 49.4 Å². The molecule has 1 atom stereocenters. The highest BCUT2D eigenvalue weighted by Crippen LogP contribution is 2.29. The average molecular weight is 610 g/mol. The Kier molecular flexibility index (Phi) is 10.5. The standard InChI is InChI=1S/C28H30F3N3O5S2/c1-17-13-18(2)25(19(3)14-17)41(38,39)34-24(26(35)36)15-20-7-9-21(10-8-20)22-5-4-6-23(16-22)33-27(37)32-11-12-40-28(29,30)31/h4-10,13-14,16,24,34H,11-12,15H2,1-3H3,(H,35,36)(H2,32,33,37). The lowest BCUT2D eigenvalue weighted by Crippen LogP contribution is -2.42. The quantitative estimate of drug-likeness (QED) is 0.209. The number of hydrogen-bond donors (Lipinski definition) is 4. The summed E-state index contributed by atoms with van der Waals surface area (Å²) in [5.74, 6) is -1.62. The SMILES string of the molecule is Cc1cc(C)c(S(=O)(=O)NC(Cc2ccc(-c3cccc(NC(=O)NCCSC(F)(F)F)c3)cc2)C(=O)O)c(C)c1. The molecule has 0 bridgehead atoms. The highest BCUT2D eigenvalue weighted by Gasteiger charge is 2.28. The first kappa shape index (κ1) is 32.0. The number of benzene rings is 3. The molecule has 0 radical (unpaired) electrons. The first-order valence-electron chi connectivity index (χ1n) is 12.4. The van der Waals surface area contributed by atoms with E-state index >= 15 is 0 Å². The van der Waals surface area contributed by atoms with E-state index < -0.39 is 33.6 Å². The van der Waals surface area contributed by atoms with Gasteiger partial charge in [0.25, 0.3) is 0 Å². The Morgan fingerprint density at radius 1 is 0.951 bits per heavy atom. The summed E-state index contributed by atoms with van der Waals surface area (Å²) in [4.78, 5) is 24.0. The smallest absolute Gasteiger partial charge is 0.441 e. The molecule has 8 nitrogen and oxygen atoms in total. The molecule has 220 valence electrons. The molecule has 0 spiro atoms. The van der Waals surface area contributed by atoms with Crippen molar-refractivity contribution in [3.05, 3.63) is 82.9 Å². The van der Waals surface area contributed by atoms with E-state index in [0.717, 1.165) is 16.7 Å². The fourth-order valence-electron chi connectivity index (χ4n) is 4.37. The summed E-state index contributed by atoms with van der Waals surface area (Å²) in [5, 5.41) is 14.7. The van der Waals surface area contributed by atoms with Gasteiger partial charge < -0.3 is 15.7 Å². The molecule has 0 aliphatic rings. The zero-order valence-corrected chi connectivity index (χ0v) is 24.1. The fraction of sp³-hybridized carbons (Fsp3) is 0.286. The summed E-state index contributed by atoms with van der Waals surface area (Å²) in [7, 11) is -4.10. The normalized spacial score (nSPS) is 12.5. The molecule has 0 saturated carbocycles. The molecule has 3 aromatic rings. The molecule has 0 aliphatic heterocycles. The number of carbonyl (C=O) groups excluding carboxylic acids is 1. The molecule has 41 heavy (non-hydrogen) atoms. The zero-order chi connectivity index (χ0) is 30.4. The van der Waals surface area contributed by atoms with Gasteiger partial charge in [-0.2, -0.15) is 17.9 Å². The van der Waals surface area contributed by atoms with Crippen molar-refractivity contribution >= 4 is 39.5 Å². The summed E-state index contributed by atoms with van der Waals surface area (Å²) in [6.45, 7) is 5.02. The number of carboxylic acid groups (broad SMARTS) is 1. The molecule has 13 heteroatoms. The lowest BCUT2D eigenvalue weighted by Gasteiger charge is -2.18. The largest absolute Gasteiger partial charge is 0.480 e. The second-order valence-electron chi connectivity index (χ2n) is 9.40. The van der Waals surface area contributed by atoms with Crippen LogP contribution in [0.15, 0.2) is 65.6 Å². The Balaban J connectivity index is 1.67. The van der Waals surface area contributed by atoms with E-state index in [1.165, 1.54) is 0 Å². The van der Waals surface area contributed by atoms with Gasteiger partial charge in [-0.05, 0) is 78.9 Å². The van der Waals surface area contributed by atoms with Gasteiger partial charge in [0, 0.05) is 18.0 Å². The second kappa shape index (κ2) is 13.4. The van der Waals surface area contributed by atoms with Crippen molar-refractivity contribution in [3.8, 4) is 11.1 Å². The number of rotatable bonds is 11. The molecule has 3 aromatic carbocycles. The molecular formula is C28H30F3N3O5S2. The summed E-state index contributed by atoms with van der Waals surface area (Å²) in [6.07, 6.45) is -0.0901. The highest BCUT2D eigenvalue weighted by atomic mass is 32.2. The van der Waals surface area contributed by atoms with E-state index in [9.17, 15) is 36.3 Å². The van der Waals surface area contributed by atoms with Crippen molar-refractivity contribution < 1.29 is 36.3 Å². The number of thioether (sulfide) groups is 1. The number of hydrogen-bond acceptors (Lipinski definition) is 5. The van der Waals surface area contributed by atoms with Crippen LogP contribution >= 0.6 is 11.8 Å². The minimum atomic E-state index is -4.36. The third-order valence-corrected chi connectivity index (χ3v) is 8.48. The first-order valence-corrected chi connectivity index (χ1v) is 14.9. The summed E-state index contributed by atoms with van der Waals surface area (Å²) in [6, 6.07) is 15.1. The van der Waals surface area contributed by atoms with E-state index in [1.54, 1.807) is 74.5 Å². The molecule has 0 aromatic heterocycles. The number of amides is 2. The van der Waals surface area contributed by atoms with Crippen molar-refractivity contribution in [1.82, 2.24) is 10.0 Å². The maximum atomic E-state index is 13.1. The molecule has 2 amide bonds. The number of aryl methyl sites for hydroxylation is 3. The molecule has 0 saturated heterocycles. The Labute approximate surface area is 240 Å². The van der Waals surface area contributed by atoms with Gasteiger partial charge >= 0.3 is 17.5 Å². The topological polar surface area (TPSA) is 125 Å². The van der Waals surface area contributed by atoms with E-state index in [1.807, 2.05) is 6.92 Å². The van der Waals surface area contributed by atoms with Gasteiger partial charge in [-0.3, -0.25) is 4.79 Å².